The Morgan fingerprint density at radius 3 is 2.84 bits per heavy atom. The van der Waals surface area contributed by atoms with Crippen LogP contribution in [0.4, 0.5) is 5.69 Å². The highest BCUT2D eigenvalue weighted by molar-refractivity contribution is 8.00. The topological polar surface area (TPSA) is 33.2 Å². The zero-order valence-corrected chi connectivity index (χ0v) is 11.6. The lowest BCUT2D eigenvalue weighted by molar-refractivity contribution is -0.115. The van der Waals surface area contributed by atoms with E-state index in [1.54, 1.807) is 35.1 Å². The minimum Gasteiger partial charge on any atom is -0.293 e. The fourth-order valence-electron chi connectivity index (χ4n) is 2.10. The first-order chi connectivity index (χ1) is 9.27. The molecule has 0 saturated carbocycles. The predicted octanol–water partition coefficient (Wildman–Crippen LogP) is 3.51. The van der Waals surface area contributed by atoms with Gasteiger partial charge >= 0.3 is 0 Å². The van der Waals surface area contributed by atoms with Crippen molar-refractivity contribution >= 4 is 35.0 Å². The van der Waals surface area contributed by atoms with Gasteiger partial charge in [0, 0.05) is 18.0 Å². The summed E-state index contributed by atoms with van der Waals surface area (Å²) in [5.41, 5.74) is 1.77. The Morgan fingerprint density at radius 2 is 2.11 bits per heavy atom. The first-order valence-corrected chi connectivity index (χ1v) is 7.28. The molecule has 19 heavy (non-hydrogen) atoms. The summed E-state index contributed by atoms with van der Waals surface area (Å²) in [4.78, 5) is 18.0. The van der Waals surface area contributed by atoms with E-state index >= 15 is 0 Å². The predicted molar refractivity (Wildman–Crippen MR) is 78.4 cm³/mol. The summed E-state index contributed by atoms with van der Waals surface area (Å²) < 4.78 is 0. The van der Waals surface area contributed by atoms with Crippen LogP contribution in [0, 0.1) is 0 Å². The number of nitrogens with zero attached hydrogens (tertiary/aromatic N) is 2. The number of pyridine rings is 1. The largest absolute Gasteiger partial charge is 0.293 e. The molecule has 2 heterocycles. The SMILES string of the molecule is O=C1CSC(c2cccnc2)N1c1ccccc1Cl. The van der Waals surface area contributed by atoms with Crippen LogP contribution >= 0.6 is 23.4 Å². The summed E-state index contributed by atoms with van der Waals surface area (Å²) in [6, 6.07) is 11.3. The van der Waals surface area contributed by atoms with Crippen molar-refractivity contribution in [3.63, 3.8) is 0 Å². The molecule has 2 aromatic rings. The molecule has 0 N–H and O–H groups in total. The highest BCUT2D eigenvalue weighted by Crippen LogP contribution is 2.43. The summed E-state index contributed by atoms with van der Waals surface area (Å²) >= 11 is 7.80. The number of aromatic nitrogens is 1. The van der Waals surface area contributed by atoms with Crippen LogP contribution in [-0.2, 0) is 4.79 Å². The summed E-state index contributed by atoms with van der Waals surface area (Å²) in [7, 11) is 0. The molecule has 3 rings (SSSR count). The summed E-state index contributed by atoms with van der Waals surface area (Å²) in [5, 5.41) is 0.536. The van der Waals surface area contributed by atoms with Gasteiger partial charge in [0.2, 0.25) is 5.91 Å². The number of thioether (sulfide) groups is 1. The molecule has 1 amide bonds. The lowest BCUT2D eigenvalue weighted by atomic mass is 10.2. The number of amides is 1. The first-order valence-electron chi connectivity index (χ1n) is 5.85. The van der Waals surface area contributed by atoms with Crippen LogP contribution < -0.4 is 4.90 Å². The lowest BCUT2D eigenvalue weighted by Crippen LogP contribution is -2.28. The summed E-state index contributed by atoms with van der Waals surface area (Å²) in [6.45, 7) is 0. The number of halogens is 1. The van der Waals surface area contributed by atoms with Gasteiger partial charge in [-0.1, -0.05) is 29.8 Å². The van der Waals surface area contributed by atoms with Crippen LogP contribution in [-0.4, -0.2) is 16.6 Å². The van der Waals surface area contributed by atoms with Gasteiger partial charge in [-0.3, -0.25) is 14.7 Å². The average Bonchev–Trinajstić information content (AvgIpc) is 2.82. The zero-order chi connectivity index (χ0) is 13.2. The standard InChI is InChI=1S/C14H11ClN2OS/c15-11-5-1-2-6-12(11)17-13(18)9-19-14(17)10-4-3-7-16-8-10/h1-8,14H,9H2. The Kier molecular flexibility index (Phi) is 3.44. The number of carbonyl (C=O) groups is 1. The third-order valence-electron chi connectivity index (χ3n) is 2.95. The normalized spacial score (nSPS) is 18.9. The van der Waals surface area contributed by atoms with Crippen molar-refractivity contribution in [1.29, 1.82) is 0 Å². The second kappa shape index (κ2) is 5.23. The van der Waals surface area contributed by atoms with E-state index in [9.17, 15) is 4.79 Å². The van der Waals surface area contributed by atoms with Gasteiger partial charge < -0.3 is 0 Å². The fraction of sp³-hybridized carbons (Fsp3) is 0.143. The Hall–Kier alpha value is -1.52. The van der Waals surface area contributed by atoms with Crippen LogP contribution in [0.15, 0.2) is 48.8 Å². The molecule has 1 aromatic carbocycles. The number of hydrogen-bond donors (Lipinski definition) is 0. The number of para-hydroxylation sites is 1. The number of hydrogen-bond acceptors (Lipinski definition) is 3. The molecule has 1 fully saturated rings. The third-order valence-corrected chi connectivity index (χ3v) is 4.48. The Morgan fingerprint density at radius 1 is 1.26 bits per heavy atom. The molecule has 5 heteroatoms. The van der Waals surface area contributed by atoms with E-state index in [0.29, 0.717) is 10.8 Å². The molecule has 1 aromatic heterocycles. The number of anilines is 1. The third kappa shape index (κ3) is 2.33. The zero-order valence-electron chi connectivity index (χ0n) is 9.99. The van der Waals surface area contributed by atoms with E-state index in [0.717, 1.165) is 11.3 Å². The minimum atomic E-state index is -0.0545. The molecule has 0 spiro atoms. The molecule has 0 bridgehead atoms. The maximum Gasteiger partial charge on any atom is 0.238 e. The fourth-order valence-corrected chi connectivity index (χ4v) is 3.48. The van der Waals surface area contributed by atoms with Crippen molar-refractivity contribution in [3.8, 4) is 0 Å². The minimum absolute atomic E-state index is 0.0545. The molecule has 0 aliphatic carbocycles. The van der Waals surface area contributed by atoms with Crippen molar-refractivity contribution in [2.45, 2.75) is 5.37 Å². The molecule has 96 valence electrons. The van der Waals surface area contributed by atoms with E-state index in [-0.39, 0.29) is 11.3 Å². The highest BCUT2D eigenvalue weighted by atomic mass is 35.5. The van der Waals surface area contributed by atoms with Gasteiger partial charge in [0.1, 0.15) is 5.37 Å². The van der Waals surface area contributed by atoms with E-state index in [1.165, 1.54) is 0 Å². The van der Waals surface area contributed by atoms with Crippen LogP contribution in [0.5, 0.6) is 0 Å². The van der Waals surface area contributed by atoms with Gasteiger partial charge in [0.05, 0.1) is 16.5 Å². The molecule has 1 aliphatic rings. The second-order valence-corrected chi connectivity index (χ2v) is 5.64. The monoisotopic (exact) mass is 290 g/mol. The van der Waals surface area contributed by atoms with E-state index < -0.39 is 0 Å². The van der Waals surface area contributed by atoms with Gasteiger partial charge in [-0.15, -0.1) is 11.8 Å². The van der Waals surface area contributed by atoms with Gasteiger partial charge in [-0.2, -0.15) is 0 Å². The Labute approximate surface area is 120 Å². The van der Waals surface area contributed by atoms with Crippen molar-refractivity contribution < 1.29 is 4.79 Å². The van der Waals surface area contributed by atoms with Gasteiger partial charge in [-0.25, -0.2) is 0 Å². The van der Waals surface area contributed by atoms with Crippen LogP contribution in [0.3, 0.4) is 0 Å². The second-order valence-electron chi connectivity index (χ2n) is 4.16. The van der Waals surface area contributed by atoms with Gasteiger partial charge in [0.25, 0.3) is 0 Å². The van der Waals surface area contributed by atoms with Gasteiger partial charge in [0.15, 0.2) is 0 Å². The smallest absolute Gasteiger partial charge is 0.238 e. The maximum absolute atomic E-state index is 12.1. The summed E-state index contributed by atoms with van der Waals surface area (Å²) in [5.74, 6) is 0.539. The molecular formula is C14H11ClN2OS. The Balaban J connectivity index is 2.03. The molecular weight excluding hydrogens is 280 g/mol. The first kappa shape index (κ1) is 12.5. The van der Waals surface area contributed by atoms with Crippen molar-refractivity contribution in [2.24, 2.45) is 0 Å². The van der Waals surface area contributed by atoms with E-state index in [2.05, 4.69) is 4.98 Å². The molecule has 1 aliphatic heterocycles. The van der Waals surface area contributed by atoms with Crippen LogP contribution in [0.1, 0.15) is 10.9 Å². The summed E-state index contributed by atoms with van der Waals surface area (Å²) in [6.07, 6.45) is 3.52. The van der Waals surface area contributed by atoms with Gasteiger partial charge in [-0.05, 0) is 18.2 Å². The maximum atomic E-state index is 12.1. The molecule has 1 atom stereocenters. The molecule has 1 unspecified atom stereocenters. The van der Waals surface area contributed by atoms with Crippen LogP contribution in [0.2, 0.25) is 5.02 Å². The number of rotatable bonds is 2. The Bertz CT molecular complexity index is 605. The highest BCUT2D eigenvalue weighted by Gasteiger charge is 2.34. The van der Waals surface area contributed by atoms with Crippen molar-refractivity contribution in [2.75, 3.05) is 10.7 Å². The van der Waals surface area contributed by atoms with Crippen LogP contribution in [0.25, 0.3) is 0 Å². The average molecular weight is 291 g/mol. The van der Waals surface area contributed by atoms with E-state index in [4.69, 9.17) is 11.6 Å². The quantitative estimate of drug-likeness (QED) is 0.848. The molecule has 0 radical (unpaired) electrons. The number of benzene rings is 1. The molecule has 3 nitrogen and oxygen atoms in total. The lowest BCUT2D eigenvalue weighted by Gasteiger charge is -2.24. The number of carbonyl (C=O) groups excluding carboxylic acids is 1. The molecule has 1 saturated heterocycles. The van der Waals surface area contributed by atoms with Crippen molar-refractivity contribution in [3.05, 3.63) is 59.4 Å². The van der Waals surface area contributed by atoms with Crippen molar-refractivity contribution in [1.82, 2.24) is 4.98 Å². The van der Waals surface area contributed by atoms with E-state index in [1.807, 2.05) is 30.3 Å².